The van der Waals surface area contributed by atoms with Crippen LogP contribution in [-0.2, 0) is 4.74 Å². The molecule has 2 heteroatoms. The molecule has 0 spiro atoms. The quantitative estimate of drug-likeness (QED) is 0.614. The fourth-order valence-electron chi connectivity index (χ4n) is 3.09. The topological polar surface area (TPSA) is 21.3 Å². The average Bonchev–Trinajstić information content (AvgIpc) is 2.40. The molecule has 19 heavy (non-hydrogen) atoms. The first-order chi connectivity index (χ1) is 9.38. The molecular formula is C17H35NO. The Morgan fingerprint density at radius 1 is 0.895 bits per heavy atom. The van der Waals surface area contributed by atoms with Gasteiger partial charge in [0.25, 0.3) is 0 Å². The van der Waals surface area contributed by atoms with Crippen molar-refractivity contribution in [3.05, 3.63) is 0 Å². The average molecular weight is 269 g/mol. The van der Waals surface area contributed by atoms with Gasteiger partial charge >= 0.3 is 0 Å². The van der Waals surface area contributed by atoms with Crippen LogP contribution in [0.15, 0.2) is 0 Å². The third-order valence-corrected chi connectivity index (χ3v) is 4.25. The highest BCUT2D eigenvalue weighted by Gasteiger charge is 2.22. The molecule has 1 aliphatic rings. The van der Waals surface area contributed by atoms with E-state index in [0.717, 1.165) is 13.2 Å². The molecular weight excluding hydrogens is 234 g/mol. The van der Waals surface area contributed by atoms with Gasteiger partial charge in [-0.15, -0.1) is 0 Å². The number of hydrogen-bond acceptors (Lipinski definition) is 2. The minimum atomic E-state index is 0.464. The molecule has 1 rings (SSSR count). The molecule has 1 fully saturated rings. The van der Waals surface area contributed by atoms with Gasteiger partial charge in [-0.05, 0) is 25.8 Å². The molecule has 0 aromatic rings. The van der Waals surface area contributed by atoms with E-state index < -0.39 is 0 Å². The van der Waals surface area contributed by atoms with E-state index in [2.05, 4.69) is 19.2 Å². The van der Waals surface area contributed by atoms with Gasteiger partial charge in [-0.1, -0.05) is 65.2 Å². The van der Waals surface area contributed by atoms with Crippen LogP contribution in [0.4, 0.5) is 0 Å². The smallest absolute Gasteiger partial charge is 0.0728 e. The molecule has 0 amide bonds. The van der Waals surface area contributed by atoms with Gasteiger partial charge in [0, 0.05) is 12.6 Å². The summed E-state index contributed by atoms with van der Waals surface area (Å²) >= 11 is 0. The van der Waals surface area contributed by atoms with Crippen molar-refractivity contribution in [3.8, 4) is 0 Å². The van der Waals surface area contributed by atoms with Crippen LogP contribution in [0, 0.1) is 0 Å². The van der Waals surface area contributed by atoms with Crippen LogP contribution in [0.5, 0.6) is 0 Å². The Kier molecular flexibility index (Phi) is 10.5. The van der Waals surface area contributed by atoms with Crippen molar-refractivity contribution in [1.82, 2.24) is 5.32 Å². The van der Waals surface area contributed by atoms with E-state index in [-0.39, 0.29) is 0 Å². The fraction of sp³-hybridized carbons (Fsp3) is 1.00. The summed E-state index contributed by atoms with van der Waals surface area (Å²) in [6, 6.07) is 0.598. The Morgan fingerprint density at radius 2 is 1.63 bits per heavy atom. The maximum atomic E-state index is 6.20. The number of unbranched alkanes of at least 4 members (excludes halogenated alkanes) is 4. The van der Waals surface area contributed by atoms with Gasteiger partial charge in [-0.3, -0.25) is 0 Å². The summed E-state index contributed by atoms with van der Waals surface area (Å²) in [6.45, 7) is 6.52. The van der Waals surface area contributed by atoms with E-state index in [1.54, 1.807) is 0 Å². The zero-order chi connectivity index (χ0) is 13.8. The SMILES string of the molecule is CCCCCCCOC1CCCCCCC1NCC. The van der Waals surface area contributed by atoms with E-state index in [0.29, 0.717) is 12.1 Å². The van der Waals surface area contributed by atoms with Gasteiger partial charge in [0.2, 0.25) is 0 Å². The van der Waals surface area contributed by atoms with Crippen LogP contribution >= 0.6 is 0 Å². The lowest BCUT2D eigenvalue weighted by molar-refractivity contribution is 0.0119. The third-order valence-electron chi connectivity index (χ3n) is 4.25. The number of ether oxygens (including phenoxy) is 1. The lowest BCUT2D eigenvalue weighted by Gasteiger charge is -2.30. The maximum absolute atomic E-state index is 6.20. The second-order valence-electron chi connectivity index (χ2n) is 5.98. The zero-order valence-corrected chi connectivity index (χ0v) is 13.3. The van der Waals surface area contributed by atoms with E-state index in [9.17, 15) is 0 Å². The van der Waals surface area contributed by atoms with E-state index in [1.807, 2.05) is 0 Å². The second kappa shape index (κ2) is 11.7. The standard InChI is InChI=1S/C17H35NO/c1-3-5-6-9-12-15-19-17-14-11-8-7-10-13-16(17)18-4-2/h16-18H,3-15H2,1-2H3. The van der Waals surface area contributed by atoms with Crippen molar-refractivity contribution < 1.29 is 4.74 Å². The van der Waals surface area contributed by atoms with Crippen molar-refractivity contribution in [2.45, 2.75) is 96.6 Å². The molecule has 0 aliphatic heterocycles. The minimum Gasteiger partial charge on any atom is -0.377 e. The van der Waals surface area contributed by atoms with Gasteiger partial charge in [0.05, 0.1) is 6.10 Å². The lowest BCUT2D eigenvalue weighted by atomic mass is 9.94. The van der Waals surface area contributed by atoms with Crippen LogP contribution in [0.25, 0.3) is 0 Å². The summed E-state index contributed by atoms with van der Waals surface area (Å²) in [7, 11) is 0. The first-order valence-electron chi connectivity index (χ1n) is 8.73. The van der Waals surface area contributed by atoms with Crippen molar-refractivity contribution in [2.24, 2.45) is 0 Å². The van der Waals surface area contributed by atoms with Crippen LogP contribution in [-0.4, -0.2) is 25.3 Å². The summed E-state index contributed by atoms with van der Waals surface area (Å²) in [4.78, 5) is 0. The maximum Gasteiger partial charge on any atom is 0.0728 e. The van der Waals surface area contributed by atoms with Crippen LogP contribution in [0.3, 0.4) is 0 Å². The van der Waals surface area contributed by atoms with Gasteiger partial charge in [-0.25, -0.2) is 0 Å². The molecule has 0 heterocycles. The highest BCUT2D eigenvalue weighted by Crippen LogP contribution is 2.20. The van der Waals surface area contributed by atoms with Gasteiger partial charge in [-0.2, -0.15) is 0 Å². The molecule has 2 atom stereocenters. The molecule has 1 aliphatic carbocycles. The van der Waals surface area contributed by atoms with Crippen molar-refractivity contribution in [3.63, 3.8) is 0 Å². The second-order valence-corrected chi connectivity index (χ2v) is 5.98. The van der Waals surface area contributed by atoms with Crippen LogP contribution in [0.2, 0.25) is 0 Å². The highest BCUT2D eigenvalue weighted by molar-refractivity contribution is 4.79. The first kappa shape index (κ1) is 17.0. The predicted octanol–water partition coefficient (Wildman–Crippen LogP) is 4.67. The van der Waals surface area contributed by atoms with E-state index >= 15 is 0 Å². The molecule has 114 valence electrons. The normalized spacial score (nSPS) is 24.9. The Morgan fingerprint density at radius 3 is 2.37 bits per heavy atom. The summed E-state index contributed by atoms with van der Waals surface area (Å²) < 4.78 is 6.20. The summed E-state index contributed by atoms with van der Waals surface area (Å²) in [6.07, 6.45) is 15.2. The molecule has 0 aromatic heterocycles. The summed E-state index contributed by atoms with van der Waals surface area (Å²) in [5, 5.41) is 3.64. The monoisotopic (exact) mass is 269 g/mol. The Balaban J connectivity index is 2.20. The van der Waals surface area contributed by atoms with Gasteiger partial charge < -0.3 is 10.1 Å². The van der Waals surface area contributed by atoms with Gasteiger partial charge in [0.1, 0.15) is 0 Å². The summed E-state index contributed by atoms with van der Waals surface area (Å²) in [5.41, 5.74) is 0. The molecule has 0 saturated heterocycles. The van der Waals surface area contributed by atoms with Crippen molar-refractivity contribution >= 4 is 0 Å². The number of hydrogen-bond donors (Lipinski definition) is 1. The van der Waals surface area contributed by atoms with E-state index in [4.69, 9.17) is 4.74 Å². The molecule has 0 aromatic carbocycles. The Hall–Kier alpha value is -0.0800. The van der Waals surface area contributed by atoms with Crippen LogP contribution in [0.1, 0.15) is 84.5 Å². The first-order valence-corrected chi connectivity index (χ1v) is 8.73. The predicted molar refractivity (Wildman–Crippen MR) is 83.7 cm³/mol. The molecule has 0 radical (unpaired) electrons. The molecule has 1 saturated carbocycles. The van der Waals surface area contributed by atoms with Gasteiger partial charge in [0.15, 0.2) is 0 Å². The number of nitrogens with one attached hydrogen (secondary N) is 1. The Labute approximate surface area is 120 Å². The minimum absolute atomic E-state index is 0.464. The molecule has 2 nitrogen and oxygen atoms in total. The van der Waals surface area contributed by atoms with E-state index in [1.165, 1.54) is 70.6 Å². The molecule has 1 N–H and O–H groups in total. The zero-order valence-electron chi connectivity index (χ0n) is 13.3. The number of rotatable bonds is 9. The largest absolute Gasteiger partial charge is 0.377 e. The van der Waals surface area contributed by atoms with Crippen molar-refractivity contribution in [1.29, 1.82) is 0 Å². The van der Waals surface area contributed by atoms with Crippen LogP contribution < -0.4 is 5.32 Å². The third kappa shape index (κ3) is 7.94. The number of likely N-dealkylation sites (N-methyl/N-ethyl adjacent to an activating group) is 1. The lowest BCUT2D eigenvalue weighted by Crippen LogP contribution is -2.42. The Bertz CT molecular complexity index is 196. The summed E-state index contributed by atoms with van der Waals surface area (Å²) in [5.74, 6) is 0. The molecule has 2 unspecified atom stereocenters. The van der Waals surface area contributed by atoms with Crippen molar-refractivity contribution in [2.75, 3.05) is 13.2 Å². The highest BCUT2D eigenvalue weighted by atomic mass is 16.5. The fourth-order valence-corrected chi connectivity index (χ4v) is 3.09. The molecule has 0 bridgehead atoms.